The second-order valence-electron chi connectivity index (χ2n) is 4.10. The van der Waals surface area contributed by atoms with Crippen LogP contribution in [0.2, 0.25) is 0 Å². The molecule has 0 fully saturated rings. The molecule has 2 rings (SSSR count). The number of aryl methyl sites for hydroxylation is 1. The lowest BCUT2D eigenvalue weighted by molar-refractivity contribution is 0.606. The van der Waals surface area contributed by atoms with Gasteiger partial charge in [-0.05, 0) is 36.6 Å². The standard InChI is InChI=1S/C14H19N3S/c1-4-18-12-7-5-11(6-8-12)14(15-2)13-9-10-16-17(13)3/h5-10,14-15H,4H2,1-3H3. The Bertz CT molecular complexity index is 490. The summed E-state index contributed by atoms with van der Waals surface area (Å²) in [6.45, 7) is 2.17. The maximum absolute atomic E-state index is 4.23. The first-order valence-electron chi connectivity index (χ1n) is 6.14. The summed E-state index contributed by atoms with van der Waals surface area (Å²) < 4.78 is 1.91. The van der Waals surface area contributed by atoms with E-state index in [1.54, 1.807) is 0 Å². The van der Waals surface area contributed by atoms with Gasteiger partial charge in [0.15, 0.2) is 0 Å². The molecule has 0 spiro atoms. The summed E-state index contributed by atoms with van der Waals surface area (Å²) in [4.78, 5) is 1.32. The van der Waals surface area contributed by atoms with E-state index in [2.05, 4.69) is 47.7 Å². The normalized spacial score (nSPS) is 12.6. The molecule has 1 aromatic heterocycles. The fourth-order valence-electron chi connectivity index (χ4n) is 2.08. The van der Waals surface area contributed by atoms with Crippen LogP contribution in [0.4, 0.5) is 0 Å². The molecule has 1 atom stereocenters. The molecule has 18 heavy (non-hydrogen) atoms. The number of aromatic nitrogens is 2. The van der Waals surface area contributed by atoms with Crippen molar-refractivity contribution in [3.8, 4) is 0 Å². The minimum Gasteiger partial charge on any atom is -0.308 e. The van der Waals surface area contributed by atoms with Gasteiger partial charge < -0.3 is 5.32 Å². The Balaban J connectivity index is 2.25. The maximum atomic E-state index is 4.23. The zero-order valence-electron chi connectivity index (χ0n) is 11.1. The second-order valence-corrected chi connectivity index (χ2v) is 5.44. The Hall–Kier alpha value is -1.26. The molecule has 0 aliphatic heterocycles. The van der Waals surface area contributed by atoms with Crippen LogP contribution in [0.25, 0.3) is 0 Å². The summed E-state index contributed by atoms with van der Waals surface area (Å²) in [6, 6.07) is 11.0. The largest absolute Gasteiger partial charge is 0.308 e. The van der Waals surface area contributed by atoms with E-state index in [4.69, 9.17) is 0 Å². The van der Waals surface area contributed by atoms with Gasteiger partial charge >= 0.3 is 0 Å². The number of hydrogen-bond acceptors (Lipinski definition) is 3. The molecule has 4 heteroatoms. The van der Waals surface area contributed by atoms with Crippen LogP contribution in [-0.2, 0) is 7.05 Å². The Morgan fingerprint density at radius 1 is 1.28 bits per heavy atom. The van der Waals surface area contributed by atoms with E-state index >= 15 is 0 Å². The smallest absolute Gasteiger partial charge is 0.0745 e. The Morgan fingerprint density at radius 2 is 2.00 bits per heavy atom. The summed E-state index contributed by atoms with van der Waals surface area (Å²) in [5.74, 6) is 1.11. The summed E-state index contributed by atoms with van der Waals surface area (Å²) in [7, 11) is 3.95. The van der Waals surface area contributed by atoms with Crippen LogP contribution in [0, 0.1) is 0 Å². The van der Waals surface area contributed by atoms with Crippen LogP contribution >= 0.6 is 11.8 Å². The third kappa shape index (κ3) is 2.76. The predicted molar refractivity (Wildman–Crippen MR) is 77.0 cm³/mol. The van der Waals surface area contributed by atoms with E-state index in [1.165, 1.54) is 16.2 Å². The van der Waals surface area contributed by atoms with Crippen LogP contribution < -0.4 is 5.32 Å². The van der Waals surface area contributed by atoms with Gasteiger partial charge in [0.2, 0.25) is 0 Å². The van der Waals surface area contributed by atoms with Gasteiger partial charge in [-0.25, -0.2) is 0 Å². The summed E-state index contributed by atoms with van der Waals surface area (Å²) in [5, 5.41) is 7.58. The Kier molecular flexibility index (Phi) is 4.44. The molecule has 0 amide bonds. The SMILES string of the molecule is CCSc1ccc(C(NC)c2ccnn2C)cc1. The average molecular weight is 261 g/mol. The van der Waals surface area contributed by atoms with Crippen LogP contribution in [0.5, 0.6) is 0 Å². The third-order valence-electron chi connectivity index (χ3n) is 2.97. The van der Waals surface area contributed by atoms with Crippen molar-refractivity contribution in [3.63, 3.8) is 0 Å². The first kappa shape index (κ1) is 13.2. The van der Waals surface area contributed by atoms with E-state index in [9.17, 15) is 0 Å². The first-order chi connectivity index (χ1) is 8.76. The Morgan fingerprint density at radius 3 is 2.50 bits per heavy atom. The zero-order chi connectivity index (χ0) is 13.0. The lowest BCUT2D eigenvalue weighted by atomic mass is 10.0. The topological polar surface area (TPSA) is 29.9 Å². The molecule has 3 nitrogen and oxygen atoms in total. The molecule has 1 unspecified atom stereocenters. The minimum absolute atomic E-state index is 0.193. The quantitative estimate of drug-likeness (QED) is 0.839. The molecular weight excluding hydrogens is 242 g/mol. The molecule has 2 aromatic rings. The van der Waals surface area contributed by atoms with Gasteiger partial charge in [-0.3, -0.25) is 4.68 Å². The van der Waals surface area contributed by atoms with Crippen molar-refractivity contribution in [1.82, 2.24) is 15.1 Å². The van der Waals surface area contributed by atoms with Gasteiger partial charge in [0.25, 0.3) is 0 Å². The summed E-state index contributed by atoms with van der Waals surface area (Å²) >= 11 is 1.87. The lowest BCUT2D eigenvalue weighted by Gasteiger charge is -2.17. The number of nitrogens with one attached hydrogen (secondary N) is 1. The van der Waals surface area contributed by atoms with Crippen LogP contribution in [0.3, 0.4) is 0 Å². The summed E-state index contributed by atoms with van der Waals surface area (Å²) in [5.41, 5.74) is 2.44. The highest BCUT2D eigenvalue weighted by molar-refractivity contribution is 7.99. The molecule has 1 aromatic carbocycles. The number of benzene rings is 1. The molecule has 0 aliphatic carbocycles. The lowest BCUT2D eigenvalue weighted by Crippen LogP contribution is -2.20. The van der Waals surface area contributed by atoms with E-state index in [-0.39, 0.29) is 6.04 Å². The van der Waals surface area contributed by atoms with Gasteiger partial charge in [-0.1, -0.05) is 19.1 Å². The molecule has 0 saturated carbocycles. The van der Waals surface area contributed by atoms with Crippen LogP contribution in [0.15, 0.2) is 41.4 Å². The first-order valence-corrected chi connectivity index (χ1v) is 7.12. The van der Waals surface area contributed by atoms with Crippen molar-refractivity contribution in [3.05, 3.63) is 47.8 Å². The van der Waals surface area contributed by atoms with Crippen LogP contribution in [0.1, 0.15) is 24.2 Å². The van der Waals surface area contributed by atoms with Gasteiger partial charge in [0.05, 0.1) is 11.7 Å². The van der Waals surface area contributed by atoms with E-state index in [1.807, 2.05) is 36.7 Å². The molecular formula is C14H19N3S. The van der Waals surface area contributed by atoms with E-state index in [0.717, 1.165) is 5.75 Å². The van der Waals surface area contributed by atoms with Gasteiger partial charge in [0, 0.05) is 18.1 Å². The van der Waals surface area contributed by atoms with Gasteiger partial charge in [-0.15, -0.1) is 11.8 Å². The highest BCUT2D eigenvalue weighted by Crippen LogP contribution is 2.24. The number of nitrogens with zero attached hydrogens (tertiary/aromatic N) is 2. The monoisotopic (exact) mass is 261 g/mol. The summed E-state index contributed by atoms with van der Waals surface area (Å²) in [6.07, 6.45) is 1.83. The molecule has 96 valence electrons. The average Bonchev–Trinajstić information content (AvgIpc) is 2.79. The fourth-order valence-corrected chi connectivity index (χ4v) is 2.74. The third-order valence-corrected chi connectivity index (χ3v) is 3.86. The van der Waals surface area contributed by atoms with E-state index in [0.29, 0.717) is 0 Å². The number of thioether (sulfide) groups is 1. The highest BCUT2D eigenvalue weighted by atomic mass is 32.2. The number of hydrogen-bond donors (Lipinski definition) is 1. The number of rotatable bonds is 5. The predicted octanol–water partition coefficient (Wildman–Crippen LogP) is 2.84. The molecule has 1 N–H and O–H groups in total. The van der Waals surface area contributed by atoms with Crippen molar-refractivity contribution in [2.75, 3.05) is 12.8 Å². The second kappa shape index (κ2) is 6.07. The van der Waals surface area contributed by atoms with Crippen molar-refractivity contribution in [1.29, 1.82) is 0 Å². The van der Waals surface area contributed by atoms with E-state index < -0.39 is 0 Å². The zero-order valence-corrected chi connectivity index (χ0v) is 11.9. The van der Waals surface area contributed by atoms with Gasteiger partial charge in [-0.2, -0.15) is 5.10 Å². The maximum Gasteiger partial charge on any atom is 0.0745 e. The highest BCUT2D eigenvalue weighted by Gasteiger charge is 2.14. The minimum atomic E-state index is 0.193. The molecule has 0 aliphatic rings. The molecule has 0 bridgehead atoms. The molecule has 1 heterocycles. The van der Waals surface area contributed by atoms with Gasteiger partial charge in [0.1, 0.15) is 0 Å². The fraction of sp³-hybridized carbons (Fsp3) is 0.357. The molecule has 0 saturated heterocycles. The van der Waals surface area contributed by atoms with Crippen LogP contribution in [-0.4, -0.2) is 22.6 Å². The van der Waals surface area contributed by atoms with Crippen molar-refractivity contribution >= 4 is 11.8 Å². The Labute approximate surface area is 113 Å². The van der Waals surface area contributed by atoms with Crippen molar-refractivity contribution in [2.45, 2.75) is 17.9 Å². The van der Waals surface area contributed by atoms with Crippen molar-refractivity contribution in [2.24, 2.45) is 7.05 Å². The van der Waals surface area contributed by atoms with Crippen molar-refractivity contribution < 1.29 is 0 Å². The molecule has 0 radical (unpaired) electrons.